The first-order chi connectivity index (χ1) is 6.09. The first-order valence-electron chi connectivity index (χ1n) is 4.86. The molecule has 1 heteroatoms. The number of hydrogen-bond acceptors (Lipinski definition) is 0. The summed E-state index contributed by atoms with van der Waals surface area (Å²) >= 11 is -1.78. The zero-order valence-electron chi connectivity index (χ0n) is 8.54. The summed E-state index contributed by atoms with van der Waals surface area (Å²) in [4.78, 5) is 0. The molecule has 1 atom stereocenters. The van der Waals surface area contributed by atoms with Gasteiger partial charge in [-0.25, -0.2) is 0 Å². The molecule has 0 radical (unpaired) electrons. The Morgan fingerprint density at radius 3 is 2.46 bits per heavy atom. The number of benzene rings is 1. The first kappa shape index (κ1) is 9.40. The van der Waals surface area contributed by atoms with Gasteiger partial charge in [0.2, 0.25) is 0 Å². The van der Waals surface area contributed by atoms with Gasteiger partial charge in [-0.15, -0.1) is 0 Å². The third-order valence-electron chi connectivity index (χ3n) is 2.73. The van der Waals surface area contributed by atoms with Crippen LogP contribution in [-0.4, -0.2) is 0 Å². The van der Waals surface area contributed by atoms with E-state index in [1.165, 1.54) is 5.56 Å². The molecule has 0 heterocycles. The molecular formula is C12H16Zr. The molecule has 1 aliphatic carbocycles. The summed E-state index contributed by atoms with van der Waals surface area (Å²) in [7, 11) is 0. The standard InChI is InChI=1S/C9H7.3CH3.Zr/c1-2-5-9-7-3-6-8(9)4-1;;;;/h1-7H;3*1H3;. The molecule has 1 aliphatic rings. The third kappa shape index (κ3) is 1.72. The maximum absolute atomic E-state index is 2.51. The minimum absolute atomic E-state index is 0.797. The van der Waals surface area contributed by atoms with E-state index >= 15 is 0 Å². The zero-order chi connectivity index (χ0) is 9.47. The molecule has 0 aliphatic heterocycles. The fourth-order valence-corrected chi connectivity index (χ4v) is 6.60. The van der Waals surface area contributed by atoms with Gasteiger partial charge in [-0.1, -0.05) is 0 Å². The quantitative estimate of drug-likeness (QED) is 0.706. The van der Waals surface area contributed by atoms with E-state index in [1.54, 1.807) is 5.56 Å². The molecule has 0 fully saturated rings. The maximum atomic E-state index is 2.51. The van der Waals surface area contributed by atoms with Crippen LogP contribution in [0.4, 0.5) is 0 Å². The van der Waals surface area contributed by atoms with Crippen LogP contribution in [0.25, 0.3) is 6.08 Å². The van der Waals surface area contributed by atoms with Crippen molar-refractivity contribution in [2.24, 2.45) is 0 Å². The average molecular weight is 251 g/mol. The molecule has 0 amide bonds. The molecule has 0 saturated heterocycles. The van der Waals surface area contributed by atoms with E-state index < -0.39 is 20.3 Å². The van der Waals surface area contributed by atoms with Gasteiger partial charge in [-0.05, 0) is 0 Å². The summed E-state index contributed by atoms with van der Waals surface area (Å²) in [6, 6.07) is 8.81. The molecule has 68 valence electrons. The minimum atomic E-state index is -1.78. The van der Waals surface area contributed by atoms with Gasteiger partial charge in [0.05, 0.1) is 0 Å². The predicted octanol–water partition coefficient (Wildman–Crippen LogP) is 4.05. The summed E-state index contributed by atoms with van der Waals surface area (Å²) in [5.41, 5.74) is 3.02. The van der Waals surface area contributed by atoms with Crippen LogP contribution in [0.1, 0.15) is 14.8 Å². The number of fused-ring (bicyclic) bond motifs is 1. The van der Waals surface area contributed by atoms with Gasteiger partial charge in [-0.3, -0.25) is 0 Å². The molecule has 0 bridgehead atoms. The molecule has 13 heavy (non-hydrogen) atoms. The van der Waals surface area contributed by atoms with Crippen molar-refractivity contribution < 1.29 is 20.3 Å². The van der Waals surface area contributed by atoms with E-state index in [-0.39, 0.29) is 0 Å². The van der Waals surface area contributed by atoms with Crippen molar-refractivity contribution >= 4 is 6.08 Å². The van der Waals surface area contributed by atoms with Gasteiger partial charge in [0.25, 0.3) is 0 Å². The van der Waals surface area contributed by atoms with Crippen LogP contribution in [0.2, 0.25) is 13.9 Å². The zero-order valence-corrected chi connectivity index (χ0v) is 11.0. The number of rotatable bonds is 1. The van der Waals surface area contributed by atoms with E-state index in [4.69, 9.17) is 0 Å². The van der Waals surface area contributed by atoms with Gasteiger partial charge in [0.1, 0.15) is 0 Å². The molecule has 0 saturated carbocycles. The normalized spacial score (nSPS) is 20.4. The van der Waals surface area contributed by atoms with Gasteiger partial charge in [0.15, 0.2) is 0 Å². The van der Waals surface area contributed by atoms with Gasteiger partial charge < -0.3 is 0 Å². The summed E-state index contributed by atoms with van der Waals surface area (Å²) in [5.74, 6) is 0. The summed E-state index contributed by atoms with van der Waals surface area (Å²) in [6.45, 7) is 0. The van der Waals surface area contributed by atoms with Crippen LogP contribution in [-0.2, 0) is 20.3 Å². The van der Waals surface area contributed by atoms with Crippen molar-refractivity contribution in [2.75, 3.05) is 0 Å². The molecule has 0 spiro atoms. The summed E-state index contributed by atoms with van der Waals surface area (Å²) in [6.07, 6.45) is 4.71. The van der Waals surface area contributed by atoms with E-state index in [0.29, 0.717) is 0 Å². The van der Waals surface area contributed by atoms with E-state index in [1.807, 2.05) is 0 Å². The Bertz CT molecular complexity index is 344. The predicted molar refractivity (Wildman–Crippen MR) is 55.8 cm³/mol. The summed E-state index contributed by atoms with van der Waals surface area (Å²) < 4.78 is 8.31. The Morgan fingerprint density at radius 1 is 1.08 bits per heavy atom. The van der Waals surface area contributed by atoms with Crippen LogP contribution in [0.5, 0.6) is 0 Å². The molecule has 2 rings (SSSR count). The molecular weight excluding hydrogens is 235 g/mol. The van der Waals surface area contributed by atoms with E-state index in [9.17, 15) is 0 Å². The van der Waals surface area contributed by atoms with Crippen LogP contribution in [0.3, 0.4) is 0 Å². The van der Waals surface area contributed by atoms with Gasteiger partial charge in [0, 0.05) is 0 Å². The van der Waals surface area contributed by atoms with Gasteiger partial charge in [-0.2, -0.15) is 0 Å². The monoisotopic (exact) mass is 250 g/mol. The summed E-state index contributed by atoms with van der Waals surface area (Å²) in [5, 5.41) is 0. The van der Waals surface area contributed by atoms with Crippen LogP contribution in [0, 0.1) is 0 Å². The Labute approximate surface area is 85.1 Å². The van der Waals surface area contributed by atoms with Crippen molar-refractivity contribution in [1.82, 2.24) is 0 Å². The van der Waals surface area contributed by atoms with Crippen molar-refractivity contribution in [2.45, 2.75) is 17.5 Å². The number of hydrogen-bond donors (Lipinski definition) is 0. The van der Waals surface area contributed by atoms with E-state index in [0.717, 1.165) is 3.63 Å². The van der Waals surface area contributed by atoms with Crippen molar-refractivity contribution in [3.8, 4) is 0 Å². The van der Waals surface area contributed by atoms with E-state index in [2.05, 4.69) is 50.3 Å². The average Bonchev–Trinajstić information content (AvgIpc) is 2.45. The Kier molecular flexibility index (Phi) is 2.32. The van der Waals surface area contributed by atoms with Gasteiger partial charge >= 0.3 is 85.3 Å². The molecule has 1 unspecified atom stereocenters. The molecule has 1 aromatic rings. The van der Waals surface area contributed by atoms with Crippen LogP contribution >= 0.6 is 0 Å². The topological polar surface area (TPSA) is 0 Å². The second-order valence-corrected chi connectivity index (χ2v) is 18.0. The van der Waals surface area contributed by atoms with Crippen LogP contribution in [0.15, 0.2) is 30.3 Å². The van der Waals surface area contributed by atoms with Crippen molar-refractivity contribution in [3.05, 3.63) is 41.5 Å². The van der Waals surface area contributed by atoms with Crippen molar-refractivity contribution in [3.63, 3.8) is 0 Å². The first-order valence-corrected chi connectivity index (χ1v) is 13.7. The molecule has 0 N–H and O–H groups in total. The Morgan fingerprint density at radius 2 is 1.77 bits per heavy atom. The number of allylic oxidation sites excluding steroid dienone is 1. The second kappa shape index (κ2) is 3.21. The Balaban J connectivity index is 2.45. The third-order valence-corrected chi connectivity index (χ3v) is 8.56. The SMILES string of the molecule is [CH3][Zr]([CH3])([CH3])[CH]1C=Cc2ccccc21. The molecule has 0 aromatic heterocycles. The second-order valence-electron chi connectivity index (χ2n) is 4.83. The Hall–Kier alpha value is -0.157. The fraction of sp³-hybridized carbons (Fsp3) is 0.333. The fourth-order valence-electron chi connectivity index (χ4n) is 2.00. The van der Waals surface area contributed by atoms with Crippen molar-refractivity contribution in [1.29, 1.82) is 0 Å². The van der Waals surface area contributed by atoms with Crippen LogP contribution < -0.4 is 0 Å². The molecule has 1 aromatic carbocycles. The molecule has 0 nitrogen and oxygen atoms in total.